The number of aryl methyl sites for hydroxylation is 1. The van der Waals surface area contributed by atoms with Crippen molar-refractivity contribution in [3.8, 4) is 0 Å². The lowest BCUT2D eigenvalue weighted by Gasteiger charge is -2.23. The predicted molar refractivity (Wildman–Crippen MR) is 136 cm³/mol. The molecule has 2 aromatic rings. The lowest BCUT2D eigenvalue weighted by atomic mass is 9.74. The molecule has 0 aliphatic carbocycles. The third kappa shape index (κ3) is 9.62. The third-order valence-corrected chi connectivity index (χ3v) is 5.74. The molecule has 0 unspecified atom stereocenters. The van der Waals surface area contributed by atoms with Crippen molar-refractivity contribution in [3.05, 3.63) is 65.5 Å². The second-order valence-electron chi connectivity index (χ2n) is 9.23. The molecule has 0 radical (unpaired) electrons. The molecule has 2 amide bonds. The van der Waals surface area contributed by atoms with Gasteiger partial charge in [0.15, 0.2) is 5.78 Å². The molecule has 0 fully saturated rings. The zero-order valence-corrected chi connectivity index (χ0v) is 20.7. The monoisotopic (exact) mass is 481 g/mol. The average molecular weight is 481 g/mol. The van der Waals surface area contributed by atoms with Crippen LogP contribution in [0.3, 0.4) is 0 Å². The molecule has 2 atom stereocenters. The van der Waals surface area contributed by atoms with Gasteiger partial charge in [-0.1, -0.05) is 51.5 Å². The van der Waals surface area contributed by atoms with Gasteiger partial charge in [-0.05, 0) is 42.9 Å². The topological polar surface area (TPSA) is 129 Å². The van der Waals surface area contributed by atoms with Crippen molar-refractivity contribution in [1.82, 2.24) is 15.6 Å². The summed E-state index contributed by atoms with van der Waals surface area (Å²) < 4.78 is 0. The molecule has 0 saturated heterocycles. The molecule has 35 heavy (non-hydrogen) atoms. The molecule has 1 heterocycles. The van der Waals surface area contributed by atoms with E-state index in [0.717, 1.165) is 24.8 Å². The number of nitrogens with zero attached hydrogens (tertiary/aromatic N) is 1. The fourth-order valence-electron chi connectivity index (χ4n) is 3.72. The van der Waals surface area contributed by atoms with Crippen molar-refractivity contribution < 1.29 is 24.4 Å². The number of hydrogen-bond donors (Lipinski definition) is 4. The Balaban J connectivity index is 2.14. The molecule has 9 heteroatoms. The molecule has 1 aromatic carbocycles. The Morgan fingerprint density at radius 1 is 1.06 bits per heavy atom. The van der Waals surface area contributed by atoms with Crippen LogP contribution < -0.4 is 10.6 Å². The number of nitrogens with one attached hydrogen (secondary N) is 2. The van der Waals surface area contributed by atoms with Gasteiger partial charge >= 0.3 is 7.12 Å². The second kappa shape index (κ2) is 14.4. The molecular weight excluding hydrogens is 445 g/mol. The van der Waals surface area contributed by atoms with E-state index in [0.29, 0.717) is 17.5 Å². The van der Waals surface area contributed by atoms with Crippen molar-refractivity contribution in [2.45, 2.75) is 58.8 Å². The number of ketones is 1. The third-order valence-electron chi connectivity index (χ3n) is 5.74. The van der Waals surface area contributed by atoms with Crippen molar-refractivity contribution in [2.24, 2.45) is 11.8 Å². The Bertz CT molecular complexity index is 951. The van der Waals surface area contributed by atoms with E-state index in [1.165, 1.54) is 6.20 Å². The Hall–Kier alpha value is -3.04. The van der Waals surface area contributed by atoms with E-state index in [2.05, 4.69) is 22.5 Å². The molecule has 188 valence electrons. The molecule has 2 rings (SSSR count). The molecule has 0 aliphatic rings. The number of aromatic nitrogens is 1. The van der Waals surface area contributed by atoms with E-state index in [-0.39, 0.29) is 24.7 Å². The van der Waals surface area contributed by atoms with Gasteiger partial charge in [0.05, 0.1) is 17.4 Å². The lowest BCUT2D eigenvalue weighted by Crippen LogP contribution is -2.50. The zero-order valence-electron chi connectivity index (χ0n) is 20.7. The number of Topliss-reactive ketones (excluding diaryl/α,β-unsaturated/α-hetero) is 1. The van der Waals surface area contributed by atoms with E-state index >= 15 is 0 Å². The summed E-state index contributed by atoms with van der Waals surface area (Å²) in [6.07, 6.45) is 6.28. The average Bonchev–Trinajstić information content (AvgIpc) is 2.84. The number of unbranched alkanes of at least 4 members (excludes halogenated alkanes) is 1. The first-order valence-electron chi connectivity index (χ1n) is 12.2. The smallest absolute Gasteiger partial charge is 0.426 e. The highest BCUT2D eigenvalue weighted by molar-refractivity contribution is 6.43. The highest BCUT2D eigenvalue weighted by Crippen LogP contribution is 2.15. The number of amides is 2. The summed E-state index contributed by atoms with van der Waals surface area (Å²) in [5.74, 6) is -2.83. The van der Waals surface area contributed by atoms with E-state index in [1.807, 2.05) is 26.0 Å². The fourth-order valence-corrected chi connectivity index (χ4v) is 3.72. The Morgan fingerprint density at radius 3 is 2.34 bits per heavy atom. The van der Waals surface area contributed by atoms with Crippen molar-refractivity contribution in [2.75, 3.05) is 6.54 Å². The highest BCUT2D eigenvalue weighted by atomic mass is 16.4. The summed E-state index contributed by atoms with van der Waals surface area (Å²) in [5.41, 5.74) is 1.97. The van der Waals surface area contributed by atoms with Gasteiger partial charge in [-0.15, -0.1) is 0 Å². The van der Waals surface area contributed by atoms with Crippen LogP contribution >= 0.6 is 0 Å². The van der Waals surface area contributed by atoms with Gasteiger partial charge in [0.25, 0.3) is 5.91 Å². The van der Waals surface area contributed by atoms with Crippen LogP contribution in [0.5, 0.6) is 0 Å². The number of carbonyl (C=O) groups excluding carboxylic acids is 3. The minimum Gasteiger partial charge on any atom is -0.426 e. The van der Waals surface area contributed by atoms with Crippen molar-refractivity contribution >= 4 is 24.7 Å². The number of carbonyl (C=O) groups is 3. The van der Waals surface area contributed by atoms with E-state index in [9.17, 15) is 24.4 Å². The molecule has 0 spiro atoms. The summed E-state index contributed by atoms with van der Waals surface area (Å²) in [7, 11) is -1.74. The molecular formula is C26H36BN3O5. The van der Waals surface area contributed by atoms with Crippen LogP contribution in [0.2, 0.25) is 0 Å². The number of rotatable bonds is 14. The largest absolute Gasteiger partial charge is 0.475 e. The molecule has 0 saturated carbocycles. The van der Waals surface area contributed by atoms with E-state index < -0.39 is 30.8 Å². The number of hydrogen-bond acceptors (Lipinski definition) is 6. The Kier molecular flexibility index (Phi) is 11.6. The van der Waals surface area contributed by atoms with Gasteiger partial charge in [0.2, 0.25) is 5.91 Å². The van der Waals surface area contributed by atoms with Crippen LogP contribution in [0, 0.1) is 11.8 Å². The normalized spacial score (nSPS) is 12.6. The van der Waals surface area contributed by atoms with Gasteiger partial charge in [0.1, 0.15) is 0 Å². The summed E-state index contributed by atoms with van der Waals surface area (Å²) in [6, 6.07) is 10.6. The lowest BCUT2D eigenvalue weighted by molar-refractivity contribution is -0.125. The molecule has 1 aromatic heterocycles. The van der Waals surface area contributed by atoms with Gasteiger partial charge in [-0.2, -0.15) is 0 Å². The minimum absolute atomic E-state index is 0.0875. The van der Waals surface area contributed by atoms with Crippen molar-refractivity contribution in [3.63, 3.8) is 0 Å². The van der Waals surface area contributed by atoms with Gasteiger partial charge in [-0.25, -0.2) is 0 Å². The maximum atomic E-state index is 13.1. The van der Waals surface area contributed by atoms with Crippen LogP contribution in [-0.2, 0) is 11.2 Å². The summed E-state index contributed by atoms with van der Waals surface area (Å²) >= 11 is 0. The summed E-state index contributed by atoms with van der Waals surface area (Å²) in [4.78, 5) is 42.5. The maximum absolute atomic E-state index is 13.1. The summed E-state index contributed by atoms with van der Waals surface area (Å²) in [6.45, 7) is 5.84. The van der Waals surface area contributed by atoms with E-state index in [4.69, 9.17) is 0 Å². The fraction of sp³-hybridized carbons (Fsp3) is 0.462. The Labute approximate surface area is 207 Å². The number of benzene rings is 1. The van der Waals surface area contributed by atoms with Gasteiger partial charge in [-0.3, -0.25) is 19.4 Å². The summed E-state index contributed by atoms with van der Waals surface area (Å²) in [5, 5.41) is 24.7. The quantitative estimate of drug-likeness (QED) is 0.243. The standard InChI is InChI=1S/C26H36BN3O5/c1-4-5-7-19-9-11-20(12-10-19)23(31)15-22(17-29-25(32)21-8-6-13-28-16-21)26(33)30-24(27(34)35)14-18(2)3/h6,8-13,16,18,22,24,34-35H,4-5,7,14-15,17H2,1-3H3,(H,29,32)(H,30,33)/t22-,24-/m0/s1. The minimum atomic E-state index is -1.74. The molecule has 4 N–H and O–H groups in total. The highest BCUT2D eigenvalue weighted by Gasteiger charge is 2.30. The first kappa shape index (κ1) is 28.2. The van der Waals surface area contributed by atoms with Gasteiger partial charge in [0, 0.05) is 30.9 Å². The molecule has 8 nitrogen and oxygen atoms in total. The molecule has 0 aliphatic heterocycles. The van der Waals surface area contributed by atoms with Crippen LogP contribution in [0.1, 0.15) is 72.7 Å². The van der Waals surface area contributed by atoms with Crippen molar-refractivity contribution in [1.29, 1.82) is 0 Å². The van der Waals surface area contributed by atoms with E-state index in [1.54, 1.807) is 30.5 Å². The Morgan fingerprint density at radius 2 is 1.77 bits per heavy atom. The van der Waals surface area contributed by atoms with Crippen LogP contribution in [0.15, 0.2) is 48.8 Å². The van der Waals surface area contributed by atoms with Crippen LogP contribution in [0.25, 0.3) is 0 Å². The van der Waals surface area contributed by atoms with Gasteiger partial charge < -0.3 is 20.7 Å². The first-order chi connectivity index (χ1) is 16.7. The predicted octanol–water partition coefficient (Wildman–Crippen LogP) is 2.59. The molecule has 0 bridgehead atoms. The number of pyridine rings is 1. The van der Waals surface area contributed by atoms with Crippen LogP contribution in [0.4, 0.5) is 0 Å². The SMILES string of the molecule is CCCCc1ccc(C(=O)C[C@@H](CNC(=O)c2cccnc2)C(=O)N[C@@H](CC(C)C)B(O)O)cc1. The first-order valence-corrected chi connectivity index (χ1v) is 12.2. The van der Waals surface area contributed by atoms with Crippen LogP contribution in [-0.4, -0.2) is 52.2 Å². The maximum Gasteiger partial charge on any atom is 0.475 e. The second-order valence-corrected chi connectivity index (χ2v) is 9.23. The zero-order chi connectivity index (χ0) is 25.8.